The molecule has 0 saturated carbocycles. The van der Waals surface area contributed by atoms with Crippen LogP contribution in [0.2, 0.25) is 0 Å². The van der Waals surface area contributed by atoms with Crippen LogP contribution in [0.3, 0.4) is 0 Å². The number of carbonyl (C=O) groups excluding carboxylic acids is 1. The molecule has 0 amide bonds. The summed E-state index contributed by atoms with van der Waals surface area (Å²) in [7, 11) is 2.01. The highest BCUT2D eigenvalue weighted by molar-refractivity contribution is 7.99. The summed E-state index contributed by atoms with van der Waals surface area (Å²) in [6, 6.07) is 17.9. The Morgan fingerprint density at radius 3 is 2.57 bits per heavy atom. The van der Waals surface area contributed by atoms with Gasteiger partial charge >= 0.3 is 0 Å². The number of benzene rings is 2. The number of rotatable bonds is 5. The molecule has 0 fully saturated rings. The first-order valence-electron chi connectivity index (χ1n) is 9.03. The van der Waals surface area contributed by atoms with Crippen molar-refractivity contribution in [2.75, 3.05) is 17.7 Å². The molecular formula is C21H21N5OS. The number of allylic oxidation sites excluding steroid dienone is 2. The van der Waals surface area contributed by atoms with Crippen molar-refractivity contribution in [2.45, 2.75) is 24.4 Å². The average Bonchev–Trinajstić information content (AvgIpc) is 3.25. The zero-order chi connectivity index (χ0) is 19.7. The molecule has 0 unspecified atom stereocenters. The van der Waals surface area contributed by atoms with Crippen molar-refractivity contribution in [3.05, 3.63) is 71.9 Å². The van der Waals surface area contributed by atoms with Crippen LogP contribution in [-0.4, -0.2) is 38.8 Å². The number of hydrogen-bond donors (Lipinski definition) is 0. The molecular weight excluding hydrogens is 370 g/mol. The first-order chi connectivity index (χ1) is 13.5. The van der Waals surface area contributed by atoms with Crippen LogP contribution in [0, 0.1) is 0 Å². The molecule has 0 atom stereocenters. The summed E-state index contributed by atoms with van der Waals surface area (Å²) in [5, 5.41) is 12.4. The monoisotopic (exact) mass is 391 g/mol. The summed E-state index contributed by atoms with van der Waals surface area (Å²) < 4.78 is 1.65. The van der Waals surface area contributed by atoms with Crippen LogP contribution in [0.1, 0.15) is 19.4 Å². The third-order valence-corrected chi connectivity index (χ3v) is 5.96. The number of nitrogens with zero attached hydrogens (tertiary/aromatic N) is 5. The molecule has 6 nitrogen and oxygen atoms in total. The smallest absolute Gasteiger partial charge is 0.214 e. The maximum Gasteiger partial charge on any atom is 0.214 e. The van der Waals surface area contributed by atoms with Gasteiger partial charge in [-0.2, -0.15) is 4.68 Å². The van der Waals surface area contributed by atoms with Crippen molar-refractivity contribution in [1.82, 2.24) is 20.2 Å². The molecule has 0 radical (unpaired) electrons. The molecule has 28 heavy (non-hydrogen) atoms. The van der Waals surface area contributed by atoms with Crippen LogP contribution in [-0.2, 0) is 10.2 Å². The molecule has 0 N–H and O–H groups in total. The molecule has 1 aromatic heterocycles. The number of anilines is 1. The van der Waals surface area contributed by atoms with Gasteiger partial charge in [-0.25, -0.2) is 0 Å². The van der Waals surface area contributed by atoms with Crippen molar-refractivity contribution in [3.8, 4) is 5.69 Å². The molecule has 0 bridgehead atoms. The molecule has 7 heteroatoms. The Morgan fingerprint density at radius 2 is 1.82 bits per heavy atom. The lowest BCUT2D eigenvalue weighted by atomic mass is 9.83. The lowest BCUT2D eigenvalue weighted by Gasteiger charge is -2.23. The molecule has 1 aliphatic heterocycles. The van der Waals surface area contributed by atoms with Crippen LogP contribution in [0.4, 0.5) is 5.69 Å². The van der Waals surface area contributed by atoms with Crippen LogP contribution < -0.4 is 4.90 Å². The Labute approximate surface area is 168 Å². The highest BCUT2D eigenvalue weighted by Gasteiger charge is 2.38. The van der Waals surface area contributed by atoms with Crippen LogP contribution in [0.25, 0.3) is 5.69 Å². The van der Waals surface area contributed by atoms with Gasteiger partial charge < -0.3 is 4.90 Å². The van der Waals surface area contributed by atoms with Gasteiger partial charge in [0.1, 0.15) is 0 Å². The Balaban J connectivity index is 1.51. The third kappa shape index (κ3) is 3.22. The lowest BCUT2D eigenvalue weighted by molar-refractivity contribution is -0.112. The molecule has 0 spiro atoms. The summed E-state index contributed by atoms with van der Waals surface area (Å²) in [4.78, 5) is 14.8. The Kier molecular flexibility index (Phi) is 4.77. The number of tetrazole rings is 1. The fraction of sp³-hybridized carbons (Fsp3) is 0.238. The van der Waals surface area contributed by atoms with Gasteiger partial charge in [0, 0.05) is 29.9 Å². The first kappa shape index (κ1) is 18.4. The molecule has 3 aromatic rings. The second kappa shape index (κ2) is 7.24. The van der Waals surface area contributed by atoms with Crippen molar-refractivity contribution in [3.63, 3.8) is 0 Å². The lowest BCUT2D eigenvalue weighted by Crippen LogP contribution is -2.24. The van der Waals surface area contributed by atoms with E-state index in [-0.39, 0.29) is 17.0 Å². The summed E-state index contributed by atoms with van der Waals surface area (Å²) in [6.45, 7) is 4.30. The zero-order valence-electron chi connectivity index (χ0n) is 16.0. The van der Waals surface area contributed by atoms with Gasteiger partial charge in [0.25, 0.3) is 0 Å². The number of aromatic nitrogens is 4. The fourth-order valence-electron chi connectivity index (χ4n) is 3.59. The van der Waals surface area contributed by atoms with E-state index in [0.717, 1.165) is 17.1 Å². The predicted octanol–water partition coefficient (Wildman–Crippen LogP) is 3.64. The molecule has 1 aliphatic rings. The Hall–Kier alpha value is -2.93. The van der Waals surface area contributed by atoms with E-state index in [4.69, 9.17) is 0 Å². The zero-order valence-corrected chi connectivity index (χ0v) is 16.8. The second-order valence-electron chi connectivity index (χ2n) is 7.19. The van der Waals surface area contributed by atoms with Gasteiger partial charge in [0.05, 0.1) is 11.4 Å². The number of hydrogen-bond acceptors (Lipinski definition) is 6. The third-order valence-electron chi connectivity index (χ3n) is 5.02. The minimum absolute atomic E-state index is 0.0374. The number of para-hydroxylation sites is 2. The first-order valence-corrected chi connectivity index (χ1v) is 10.0. The van der Waals surface area contributed by atoms with Gasteiger partial charge in [-0.15, -0.1) is 5.10 Å². The minimum atomic E-state index is -0.211. The largest absolute Gasteiger partial charge is 0.347 e. The quantitative estimate of drug-likeness (QED) is 0.489. The molecule has 4 rings (SSSR count). The molecule has 0 saturated heterocycles. The Morgan fingerprint density at radius 1 is 1.11 bits per heavy atom. The maximum atomic E-state index is 12.7. The summed E-state index contributed by atoms with van der Waals surface area (Å²) in [5.74, 6) is 0.312. The van der Waals surface area contributed by atoms with Crippen molar-refractivity contribution in [2.24, 2.45) is 0 Å². The second-order valence-corrected chi connectivity index (χ2v) is 8.14. The Bertz CT molecular complexity index is 1040. The van der Waals surface area contributed by atoms with E-state index < -0.39 is 0 Å². The van der Waals surface area contributed by atoms with Crippen molar-refractivity contribution in [1.29, 1.82) is 0 Å². The highest BCUT2D eigenvalue weighted by Crippen LogP contribution is 2.46. The normalized spacial score (nSPS) is 16.4. The van der Waals surface area contributed by atoms with Crippen molar-refractivity contribution < 1.29 is 4.79 Å². The van der Waals surface area contributed by atoms with Gasteiger partial charge in [0.15, 0.2) is 5.78 Å². The summed E-state index contributed by atoms with van der Waals surface area (Å²) in [5.41, 5.74) is 4.04. The molecule has 2 aromatic carbocycles. The standard InChI is InChI=1S/C21H21N5OS/c1-21(2)17-11-7-8-12-18(17)25(3)19(21)13-16(27)14-28-20-22-23-24-26(20)15-9-5-4-6-10-15/h4-13H,14H2,1-3H3. The van der Waals surface area contributed by atoms with Crippen molar-refractivity contribution >= 4 is 23.2 Å². The molecule has 2 heterocycles. The van der Waals surface area contributed by atoms with E-state index in [9.17, 15) is 4.79 Å². The number of ketones is 1. The van der Waals surface area contributed by atoms with E-state index >= 15 is 0 Å². The number of thioether (sulfide) groups is 1. The van der Waals surface area contributed by atoms with E-state index in [1.54, 1.807) is 10.8 Å². The van der Waals surface area contributed by atoms with E-state index in [2.05, 4.69) is 46.4 Å². The van der Waals surface area contributed by atoms with E-state index in [1.807, 2.05) is 49.5 Å². The molecule has 142 valence electrons. The van der Waals surface area contributed by atoms with Gasteiger partial charge in [0.2, 0.25) is 5.16 Å². The molecule has 0 aliphatic carbocycles. The van der Waals surface area contributed by atoms with Crippen LogP contribution in [0.15, 0.2) is 71.5 Å². The summed E-state index contributed by atoms with van der Waals surface area (Å²) in [6.07, 6.45) is 1.75. The van der Waals surface area contributed by atoms with Gasteiger partial charge in [-0.05, 0) is 34.2 Å². The average molecular weight is 392 g/mol. The highest BCUT2D eigenvalue weighted by atomic mass is 32.2. The number of carbonyl (C=O) groups is 1. The van der Waals surface area contributed by atoms with Gasteiger partial charge in [-0.3, -0.25) is 4.79 Å². The minimum Gasteiger partial charge on any atom is -0.347 e. The van der Waals surface area contributed by atoms with Crippen LogP contribution >= 0.6 is 11.8 Å². The van der Waals surface area contributed by atoms with E-state index in [0.29, 0.717) is 5.16 Å². The van der Waals surface area contributed by atoms with Gasteiger partial charge in [-0.1, -0.05) is 62.0 Å². The predicted molar refractivity (Wildman–Crippen MR) is 111 cm³/mol. The number of fused-ring (bicyclic) bond motifs is 1. The summed E-state index contributed by atoms with van der Waals surface area (Å²) >= 11 is 1.34. The number of likely N-dealkylation sites (N-methyl/N-ethyl adjacent to an activating group) is 1. The van der Waals surface area contributed by atoms with E-state index in [1.165, 1.54) is 17.3 Å². The SMILES string of the molecule is CN1C(=CC(=O)CSc2nnnn2-c2ccccc2)C(C)(C)c2ccccc21. The van der Waals surface area contributed by atoms with Crippen LogP contribution in [0.5, 0.6) is 0 Å². The topological polar surface area (TPSA) is 63.9 Å². The fourth-order valence-corrected chi connectivity index (χ4v) is 4.30. The maximum absolute atomic E-state index is 12.7.